The molecule has 3 heterocycles. The molecule has 4 aromatic rings. The van der Waals surface area contributed by atoms with Gasteiger partial charge in [-0.25, -0.2) is 16.8 Å². The summed E-state index contributed by atoms with van der Waals surface area (Å²) in [5.41, 5.74) is 1.64. The summed E-state index contributed by atoms with van der Waals surface area (Å²) in [5, 5.41) is 12.0. The number of sulfonamides is 2. The molecule has 3 aromatic carbocycles. The van der Waals surface area contributed by atoms with Crippen molar-refractivity contribution in [2.45, 2.75) is 47.1 Å². The number of methoxy groups -OCH3 is 1. The number of hydrogen-bond donors (Lipinski definition) is 1. The molecule has 0 spiro atoms. The van der Waals surface area contributed by atoms with E-state index in [9.17, 15) is 21.6 Å². The van der Waals surface area contributed by atoms with Gasteiger partial charge in [0.2, 0.25) is 26.0 Å². The van der Waals surface area contributed by atoms with E-state index < -0.39 is 20.0 Å². The van der Waals surface area contributed by atoms with Gasteiger partial charge < -0.3 is 10.1 Å². The van der Waals surface area contributed by atoms with E-state index in [-0.39, 0.29) is 27.2 Å². The number of piperidine rings is 1. The first-order valence-electron chi connectivity index (χ1n) is 15.4. The first-order valence-corrected chi connectivity index (χ1v) is 19.3. The Morgan fingerprint density at radius 3 is 2.19 bits per heavy atom. The molecule has 248 valence electrons. The second kappa shape index (κ2) is 14.2. The Hall–Kier alpha value is -3.76. The standard InChI is InChI=1S/C32H36N6O6S3/c1-44-28-16-15-25(22-29(28)47(42,43)37-17-6-3-7-18-37)33-30(39)23-45-32-35-34-31(38(32)26-12-4-2-5-13-26)24-11-10-14-27(21-24)46(40,41)36-19-8-9-20-36/h2,4-5,10-16,21-22H,3,6-9,17-20,23H2,1H3,(H,33,39). The van der Waals surface area contributed by atoms with E-state index in [0.717, 1.165) is 49.6 Å². The highest BCUT2D eigenvalue weighted by Crippen LogP contribution is 2.33. The van der Waals surface area contributed by atoms with Crippen LogP contribution in [0, 0.1) is 0 Å². The molecule has 0 atom stereocenters. The molecule has 2 aliphatic rings. The van der Waals surface area contributed by atoms with Gasteiger partial charge in [0, 0.05) is 43.1 Å². The molecule has 0 saturated carbocycles. The van der Waals surface area contributed by atoms with Gasteiger partial charge in [-0.15, -0.1) is 10.2 Å². The lowest BCUT2D eigenvalue weighted by Crippen LogP contribution is -2.35. The third kappa shape index (κ3) is 7.09. The SMILES string of the molecule is COc1ccc(NC(=O)CSc2nnc(-c3cccc(S(=O)(=O)N4CCCC4)c3)n2-c2ccccc2)cc1S(=O)(=O)N1CCCCC1. The van der Waals surface area contributed by atoms with Gasteiger partial charge in [-0.2, -0.15) is 8.61 Å². The van der Waals surface area contributed by atoms with Gasteiger partial charge in [0.05, 0.1) is 17.8 Å². The number of ether oxygens (including phenoxy) is 1. The lowest BCUT2D eigenvalue weighted by atomic mass is 10.2. The van der Waals surface area contributed by atoms with Gasteiger partial charge in [-0.3, -0.25) is 9.36 Å². The molecule has 1 N–H and O–H groups in total. The Balaban J connectivity index is 1.23. The number of carbonyl (C=O) groups excluding carboxylic acids is 1. The average Bonchev–Trinajstić information content (AvgIpc) is 3.80. The Kier molecular flexibility index (Phi) is 9.98. The van der Waals surface area contributed by atoms with E-state index in [1.54, 1.807) is 34.9 Å². The molecule has 0 aliphatic carbocycles. The fraction of sp³-hybridized carbons (Fsp3) is 0.344. The molecule has 0 bridgehead atoms. The maximum Gasteiger partial charge on any atom is 0.246 e. The van der Waals surface area contributed by atoms with Crippen molar-refractivity contribution >= 4 is 43.4 Å². The zero-order valence-corrected chi connectivity index (χ0v) is 28.4. The summed E-state index contributed by atoms with van der Waals surface area (Å²) < 4.78 is 63.5. The minimum absolute atomic E-state index is 0.00907. The van der Waals surface area contributed by atoms with Gasteiger partial charge in [-0.1, -0.05) is 48.5 Å². The predicted molar refractivity (Wildman–Crippen MR) is 180 cm³/mol. The molecule has 0 unspecified atom stereocenters. The van der Waals surface area contributed by atoms with E-state index in [1.807, 2.05) is 30.3 Å². The third-order valence-corrected chi connectivity index (χ3v) is 12.9. The van der Waals surface area contributed by atoms with E-state index in [2.05, 4.69) is 15.5 Å². The van der Waals surface area contributed by atoms with Gasteiger partial charge in [-0.05, 0) is 68.1 Å². The van der Waals surface area contributed by atoms with E-state index in [1.165, 1.54) is 27.9 Å². The average molecular weight is 697 g/mol. The van der Waals surface area contributed by atoms with Gasteiger partial charge >= 0.3 is 0 Å². The van der Waals surface area contributed by atoms with Crippen LogP contribution in [0.1, 0.15) is 32.1 Å². The lowest BCUT2D eigenvalue weighted by molar-refractivity contribution is -0.113. The predicted octanol–water partition coefficient (Wildman–Crippen LogP) is 4.63. The van der Waals surface area contributed by atoms with Crippen LogP contribution < -0.4 is 10.1 Å². The first kappa shape index (κ1) is 33.2. The highest BCUT2D eigenvalue weighted by molar-refractivity contribution is 7.99. The normalized spacial score (nSPS) is 16.3. The van der Waals surface area contributed by atoms with Crippen LogP contribution in [0.25, 0.3) is 17.1 Å². The van der Waals surface area contributed by atoms with Crippen molar-refractivity contribution < 1.29 is 26.4 Å². The van der Waals surface area contributed by atoms with Crippen molar-refractivity contribution in [1.82, 2.24) is 23.4 Å². The van der Waals surface area contributed by atoms with Crippen LogP contribution in [0.5, 0.6) is 5.75 Å². The second-order valence-electron chi connectivity index (χ2n) is 11.3. The molecule has 2 saturated heterocycles. The summed E-state index contributed by atoms with van der Waals surface area (Å²) in [6.07, 6.45) is 4.27. The van der Waals surface area contributed by atoms with Crippen LogP contribution in [0.2, 0.25) is 0 Å². The van der Waals surface area contributed by atoms with Crippen LogP contribution in [-0.2, 0) is 24.8 Å². The Labute approximate surface area is 279 Å². The van der Waals surface area contributed by atoms with Gasteiger partial charge in [0.15, 0.2) is 11.0 Å². The van der Waals surface area contributed by atoms with Crippen LogP contribution in [0.4, 0.5) is 5.69 Å². The molecule has 1 aromatic heterocycles. The molecule has 1 amide bonds. The number of nitrogens with zero attached hydrogens (tertiary/aromatic N) is 5. The molecular formula is C32H36N6O6S3. The minimum atomic E-state index is -3.81. The Morgan fingerprint density at radius 2 is 1.49 bits per heavy atom. The number of hydrogen-bond acceptors (Lipinski definition) is 9. The highest BCUT2D eigenvalue weighted by atomic mass is 32.2. The van der Waals surface area contributed by atoms with Crippen molar-refractivity contribution in [1.29, 1.82) is 0 Å². The zero-order chi connectivity index (χ0) is 33.0. The summed E-state index contributed by atoms with van der Waals surface area (Å²) in [5.74, 6) is 0.225. The van der Waals surface area contributed by atoms with E-state index >= 15 is 0 Å². The molecule has 0 radical (unpaired) electrons. The monoisotopic (exact) mass is 696 g/mol. The summed E-state index contributed by atoms with van der Waals surface area (Å²) >= 11 is 1.15. The topological polar surface area (TPSA) is 144 Å². The fourth-order valence-corrected chi connectivity index (χ4v) is 9.77. The fourth-order valence-electron chi connectivity index (χ4n) is 5.76. The lowest BCUT2D eigenvalue weighted by Gasteiger charge is -2.26. The maximum atomic E-state index is 13.4. The molecule has 15 heteroatoms. The zero-order valence-electron chi connectivity index (χ0n) is 25.9. The maximum absolute atomic E-state index is 13.4. The van der Waals surface area contributed by atoms with Gasteiger partial charge in [0.1, 0.15) is 10.6 Å². The number of carbonyl (C=O) groups is 1. The van der Waals surface area contributed by atoms with E-state index in [0.29, 0.717) is 48.4 Å². The molecule has 2 aliphatic heterocycles. The Bertz CT molecular complexity index is 1960. The summed E-state index contributed by atoms with van der Waals surface area (Å²) in [7, 11) is -6.03. The molecule has 47 heavy (non-hydrogen) atoms. The van der Waals surface area contributed by atoms with Crippen molar-refractivity contribution in [2.75, 3.05) is 44.4 Å². The first-order chi connectivity index (χ1) is 22.7. The van der Waals surface area contributed by atoms with Crippen molar-refractivity contribution in [3.8, 4) is 22.8 Å². The third-order valence-electron chi connectivity index (χ3n) is 8.16. The van der Waals surface area contributed by atoms with Crippen LogP contribution in [-0.4, -0.2) is 85.2 Å². The quantitative estimate of drug-likeness (QED) is 0.222. The number of para-hydroxylation sites is 1. The number of aromatic nitrogens is 3. The number of rotatable bonds is 11. The number of amides is 1. The molecule has 6 rings (SSSR count). The number of anilines is 1. The van der Waals surface area contributed by atoms with Crippen molar-refractivity contribution in [3.05, 3.63) is 72.8 Å². The Morgan fingerprint density at radius 1 is 0.809 bits per heavy atom. The minimum Gasteiger partial charge on any atom is -0.495 e. The summed E-state index contributed by atoms with van der Waals surface area (Å²) in [6.45, 7) is 1.89. The summed E-state index contributed by atoms with van der Waals surface area (Å²) in [6, 6.07) is 20.6. The molecule has 2 fully saturated rings. The van der Waals surface area contributed by atoms with Gasteiger partial charge in [0.25, 0.3) is 0 Å². The largest absolute Gasteiger partial charge is 0.495 e. The van der Waals surface area contributed by atoms with Crippen LogP contribution >= 0.6 is 11.8 Å². The number of nitrogens with one attached hydrogen (secondary N) is 1. The second-order valence-corrected chi connectivity index (χ2v) is 16.1. The van der Waals surface area contributed by atoms with Crippen molar-refractivity contribution in [2.24, 2.45) is 0 Å². The number of thioether (sulfide) groups is 1. The van der Waals surface area contributed by atoms with Crippen molar-refractivity contribution in [3.63, 3.8) is 0 Å². The highest BCUT2D eigenvalue weighted by Gasteiger charge is 2.30. The van der Waals surface area contributed by atoms with E-state index in [4.69, 9.17) is 4.74 Å². The number of benzene rings is 3. The molecular weight excluding hydrogens is 661 g/mol. The van der Waals surface area contributed by atoms with Crippen LogP contribution in [0.3, 0.4) is 0 Å². The van der Waals surface area contributed by atoms with Crippen LogP contribution in [0.15, 0.2) is 87.7 Å². The summed E-state index contributed by atoms with van der Waals surface area (Å²) in [4.78, 5) is 13.4. The smallest absolute Gasteiger partial charge is 0.246 e. The molecule has 12 nitrogen and oxygen atoms in total.